The standard InChI is InChI=1S/C16H13F3N2O5S/c17-16(18,19)12-3-1-2-10(6-12)14(9-23)27(25,26)21-15(24)11-4-5-13(8-22)20-7-11/h1-7,9,14,22H,8H2,(H,21,24). The first-order valence-electron chi connectivity index (χ1n) is 7.32. The van der Waals surface area contributed by atoms with Gasteiger partial charge in [0.2, 0.25) is 10.0 Å². The predicted molar refractivity (Wildman–Crippen MR) is 86.8 cm³/mol. The van der Waals surface area contributed by atoms with Crippen molar-refractivity contribution in [1.29, 1.82) is 0 Å². The second-order valence-corrected chi connectivity index (χ2v) is 7.15. The van der Waals surface area contributed by atoms with Gasteiger partial charge in [-0.2, -0.15) is 13.2 Å². The molecule has 0 bridgehead atoms. The maximum atomic E-state index is 12.8. The molecule has 2 aromatic rings. The molecule has 1 aromatic heterocycles. The van der Waals surface area contributed by atoms with Crippen LogP contribution in [0.4, 0.5) is 13.2 Å². The van der Waals surface area contributed by atoms with Crippen LogP contribution < -0.4 is 4.72 Å². The third-order valence-electron chi connectivity index (χ3n) is 3.48. The minimum Gasteiger partial charge on any atom is -0.390 e. The highest BCUT2D eigenvalue weighted by molar-refractivity contribution is 7.91. The van der Waals surface area contributed by atoms with E-state index in [-0.39, 0.29) is 24.2 Å². The zero-order chi connectivity index (χ0) is 20.2. The third-order valence-corrected chi connectivity index (χ3v) is 5.01. The number of hydrogen-bond donors (Lipinski definition) is 2. The lowest BCUT2D eigenvalue weighted by Crippen LogP contribution is -2.35. The number of sulfonamides is 1. The quantitative estimate of drug-likeness (QED) is 0.710. The first kappa shape index (κ1) is 20.5. The van der Waals surface area contributed by atoms with E-state index in [0.717, 1.165) is 24.4 Å². The molecule has 144 valence electrons. The maximum Gasteiger partial charge on any atom is 0.416 e. The summed E-state index contributed by atoms with van der Waals surface area (Å²) in [5.74, 6) is -1.12. The van der Waals surface area contributed by atoms with Crippen molar-refractivity contribution in [1.82, 2.24) is 9.71 Å². The van der Waals surface area contributed by atoms with Gasteiger partial charge in [0, 0.05) is 6.20 Å². The molecule has 1 atom stereocenters. The summed E-state index contributed by atoms with van der Waals surface area (Å²) in [6.07, 6.45) is -3.79. The summed E-state index contributed by atoms with van der Waals surface area (Å²) in [6.45, 7) is -0.386. The molecule has 0 aliphatic rings. The molecule has 0 saturated carbocycles. The number of amides is 1. The van der Waals surface area contributed by atoms with Crippen LogP contribution in [0.3, 0.4) is 0 Å². The first-order valence-corrected chi connectivity index (χ1v) is 8.87. The SMILES string of the molecule is O=CC(c1cccc(C(F)(F)F)c1)S(=O)(=O)NC(=O)c1ccc(CO)nc1. The minimum atomic E-state index is -4.73. The monoisotopic (exact) mass is 402 g/mol. The molecule has 11 heteroatoms. The Hall–Kier alpha value is -2.79. The average molecular weight is 402 g/mol. The van der Waals surface area contributed by atoms with Gasteiger partial charge in [0.15, 0.2) is 5.25 Å². The zero-order valence-corrected chi connectivity index (χ0v) is 14.3. The van der Waals surface area contributed by atoms with Crippen LogP contribution >= 0.6 is 0 Å². The number of nitrogens with one attached hydrogen (secondary N) is 1. The van der Waals surface area contributed by atoms with Gasteiger partial charge in [0.25, 0.3) is 5.91 Å². The van der Waals surface area contributed by atoms with Crippen LogP contribution in [0.15, 0.2) is 42.6 Å². The number of aldehydes is 1. The van der Waals surface area contributed by atoms with E-state index in [0.29, 0.717) is 6.07 Å². The number of hydrogen-bond acceptors (Lipinski definition) is 6. The predicted octanol–water partition coefficient (Wildman–Crippen LogP) is 1.59. The molecule has 1 aromatic carbocycles. The fourth-order valence-electron chi connectivity index (χ4n) is 2.13. The van der Waals surface area contributed by atoms with E-state index in [1.54, 1.807) is 4.72 Å². The van der Waals surface area contributed by atoms with Crippen LogP contribution in [-0.2, 0) is 27.6 Å². The number of nitrogens with zero attached hydrogens (tertiary/aromatic N) is 1. The van der Waals surface area contributed by atoms with Crippen LogP contribution in [0, 0.1) is 0 Å². The number of aliphatic hydroxyl groups excluding tert-OH is 1. The van der Waals surface area contributed by atoms with Gasteiger partial charge in [-0.1, -0.05) is 18.2 Å². The topological polar surface area (TPSA) is 113 Å². The van der Waals surface area contributed by atoms with E-state index in [2.05, 4.69) is 4.98 Å². The van der Waals surface area contributed by atoms with Gasteiger partial charge in [0.1, 0.15) is 6.29 Å². The number of aromatic nitrogens is 1. The number of alkyl halides is 3. The number of carbonyl (C=O) groups excluding carboxylic acids is 2. The van der Waals surface area contributed by atoms with E-state index < -0.39 is 38.5 Å². The Bertz CT molecular complexity index is 943. The lowest BCUT2D eigenvalue weighted by molar-refractivity contribution is -0.137. The van der Waals surface area contributed by atoms with Crippen LogP contribution in [0.1, 0.15) is 32.4 Å². The molecule has 1 heterocycles. The summed E-state index contributed by atoms with van der Waals surface area (Å²) in [5, 5.41) is 6.87. The highest BCUT2D eigenvalue weighted by Crippen LogP contribution is 2.31. The van der Waals surface area contributed by atoms with Crippen molar-refractivity contribution in [3.63, 3.8) is 0 Å². The average Bonchev–Trinajstić information content (AvgIpc) is 2.61. The lowest BCUT2D eigenvalue weighted by atomic mass is 10.1. The molecule has 2 N–H and O–H groups in total. The molecule has 0 radical (unpaired) electrons. The lowest BCUT2D eigenvalue weighted by Gasteiger charge is -2.15. The highest BCUT2D eigenvalue weighted by atomic mass is 32.2. The van der Waals surface area contributed by atoms with Crippen LogP contribution in [0.2, 0.25) is 0 Å². The normalized spacial score (nSPS) is 13.0. The van der Waals surface area contributed by atoms with Gasteiger partial charge in [-0.25, -0.2) is 13.1 Å². The smallest absolute Gasteiger partial charge is 0.390 e. The number of carbonyl (C=O) groups is 2. The van der Waals surface area contributed by atoms with Crippen molar-refractivity contribution in [2.45, 2.75) is 18.0 Å². The van der Waals surface area contributed by atoms with E-state index in [1.165, 1.54) is 12.1 Å². The molecule has 0 aliphatic carbocycles. The van der Waals surface area contributed by atoms with E-state index in [4.69, 9.17) is 5.11 Å². The van der Waals surface area contributed by atoms with Crippen LogP contribution in [-0.4, -0.2) is 30.7 Å². The van der Waals surface area contributed by atoms with Gasteiger partial charge in [-0.3, -0.25) is 9.78 Å². The Morgan fingerprint density at radius 3 is 2.48 bits per heavy atom. The molecule has 7 nitrogen and oxygen atoms in total. The summed E-state index contributed by atoms with van der Waals surface area (Å²) in [7, 11) is -4.66. The molecule has 1 amide bonds. The largest absolute Gasteiger partial charge is 0.416 e. The molecule has 1 unspecified atom stereocenters. The molecule has 27 heavy (non-hydrogen) atoms. The number of aliphatic hydroxyl groups is 1. The molecular formula is C16H13F3N2O5S. The number of pyridine rings is 1. The summed E-state index contributed by atoms with van der Waals surface area (Å²) in [4.78, 5) is 27.0. The van der Waals surface area contributed by atoms with Gasteiger partial charge >= 0.3 is 6.18 Å². The van der Waals surface area contributed by atoms with Gasteiger partial charge in [-0.15, -0.1) is 0 Å². The second-order valence-electron chi connectivity index (χ2n) is 5.35. The fourth-order valence-corrected chi connectivity index (χ4v) is 3.28. The summed E-state index contributed by atoms with van der Waals surface area (Å²) in [6, 6.07) is 5.74. The molecule has 0 spiro atoms. The van der Waals surface area contributed by atoms with Crippen LogP contribution in [0.25, 0.3) is 0 Å². The summed E-state index contributed by atoms with van der Waals surface area (Å²) in [5.41, 5.74) is -1.50. The molecular weight excluding hydrogens is 389 g/mol. The van der Waals surface area contributed by atoms with Gasteiger partial charge in [0.05, 0.1) is 23.4 Å². The van der Waals surface area contributed by atoms with Crippen molar-refractivity contribution in [2.24, 2.45) is 0 Å². The molecule has 0 aliphatic heterocycles. The van der Waals surface area contributed by atoms with E-state index in [9.17, 15) is 31.2 Å². The molecule has 0 fully saturated rings. The van der Waals surface area contributed by atoms with Crippen molar-refractivity contribution in [3.05, 3.63) is 65.0 Å². The molecule has 2 rings (SSSR count). The Morgan fingerprint density at radius 2 is 1.96 bits per heavy atom. The highest BCUT2D eigenvalue weighted by Gasteiger charge is 2.34. The fraction of sp³-hybridized carbons (Fsp3) is 0.188. The van der Waals surface area contributed by atoms with Crippen molar-refractivity contribution in [2.75, 3.05) is 0 Å². The summed E-state index contributed by atoms with van der Waals surface area (Å²) >= 11 is 0. The maximum absolute atomic E-state index is 12.8. The zero-order valence-electron chi connectivity index (χ0n) is 13.5. The molecule has 0 saturated heterocycles. The first-order chi connectivity index (χ1) is 12.6. The Kier molecular flexibility index (Phi) is 5.96. The van der Waals surface area contributed by atoms with Gasteiger partial charge < -0.3 is 9.90 Å². The van der Waals surface area contributed by atoms with Crippen LogP contribution in [0.5, 0.6) is 0 Å². The second kappa shape index (κ2) is 7.84. The Morgan fingerprint density at radius 1 is 1.26 bits per heavy atom. The Labute approximate surface area is 151 Å². The van der Waals surface area contributed by atoms with E-state index >= 15 is 0 Å². The van der Waals surface area contributed by atoms with Crippen molar-refractivity contribution < 1.29 is 36.3 Å². The van der Waals surface area contributed by atoms with Crippen molar-refractivity contribution in [3.8, 4) is 0 Å². The Balaban J connectivity index is 2.29. The number of benzene rings is 1. The minimum absolute atomic E-state index is 0.0712. The summed E-state index contributed by atoms with van der Waals surface area (Å²) < 4.78 is 64.7. The third kappa shape index (κ3) is 4.89. The number of rotatable bonds is 6. The van der Waals surface area contributed by atoms with E-state index in [1.807, 2.05) is 0 Å². The van der Waals surface area contributed by atoms with Gasteiger partial charge in [-0.05, 0) is 23.8 Å². The number of halogens is 3. The van der Waals surface area contributed by atoms with Crippen molar-refractivity contribution >= 4 is 22.2 Å².